The molecule has 0 unspecified atom stereocenters. The molecule has 0 saturated carbocycles. The van der Waals surface area contributed by atoms with Crippen LogP contribution in [0.15, 0.2) is 35.5 Å². The summed E-state index contributed by atoms with van der Waals surface area (Å²) in [4.78, 5) is 0. The molecule has 0 amide bonds. The Balaban J connectivity index is 2.75. The maximum Gasteiger partial charge on any atom is 0.257 e. The first-order valence-corrected chi connectivity index (χ1v) is 6.56. The Morgan fingerprint density at radius 2 is 2.17 bits per heavy atom. The average molecular weight is 262 g/mol. The zero-order chi connectivity index (χ0) is 13.3. The van der Waals surface area contributed by atoms with Crippen LogP contribution in [0.25, 0.3) is 5.69 Å². The fourth-order valence-electron chi connectivity index (χ4n) is 1.63. The number of aromatic nitrogens is 2. The lowest BCUT2D eigenvalue weighted by atomic mass is 10.2. The predicted molar refractivity (Wildman–Crippen MR) is 64.4 cm³/mol. The molecular formula is C11H10N4O2S. The normalized spacial score (nSPS) is 11.2. The summed E-state index contributed by atoms with van der Waals surface area (Å²) in [6.07, 6.45) is 1.18. The Morgan fingerprint density at radius 3 is 2.72 bits per heavy atom. The van der Waals surface area contributed by atoms with Crippen molar-refractivity contribution in [3.8, 4) is 11.8 Å². The smallest absolute Gasteiger partial charge is 0.223 e. The van der Waals surface area contributed by atoms with Crippen LogP contribution in [-0.2, 0) is 10.0 Å². The molecule has 0 fully saturated rings. The number of rotatable bonds is 2. The van der Waals surface area contributed by atoms with Gasteiger partial charge in [-0.05, 0) is 24.6 Å². The number of nitrogens with two attached hydrogens (primary N) is 1. The van der Waals surface area contributed by atoms with E-state index in [2.05, 4.69) is 5.10 Å². The first kappa shape index (κ1) is 12.3. The SMILES string of the molecule is Cc1cccc(-n2ncc(C#N)c2S(N)(=O)=O)c1. The van der Waals surface area contributed by atoms with Crippen LogP contribution in [0, 0.1) is 18.3 Å². The summed E-state index contributed by atoms with van der Waals surface area (Å²) < 4.78 is 24.2. The van der Waals surface area contributed by atoms with Crippen molar-refractivity contribution in [2.75, 3.05) is 0 Å². The third-order valence-corrected chi connectivity index (χ3v) is 3.29. The molecule has 0 atom stereocenters. The molecule has 0 saturated heterocycles. The van der Waals surface area contributed by atoms with Gasteiger partial charge in [-0.15, -0.1) is 0 Å². The van der Waals surface area contributed by atoms with Crippen molar-refractivity contribution in [2.24, 2.45) is 5.14 Å². The molecule has 1 aromatic heterocycles. The van der Waals surface area contributed by atoms with E-state index in [0.29, 0.717) is 5.69 Å². The number of nitrogens with zero attached hydrogens (tertiary/aromatic N) is 3. The molecule has 0 bridgehead atoms. The van der Waals surface area contributed by atoms with E-state index in [9.17, 15) is 8.42 Å². The molecule has 0 aliphatic carbocycles. The van der Waals surface area contributed by atoms with E-state index in [1.54, 1.807) is 24.3 Å². The van der Waals surface area contributed by atoms with Gasteiger partial charge < -0.3 is 0 Å². The van der Waals surface area contributed by atoms with E-state index < -0.39 is 10.0 Å². The molecular weight excluding hydrogens is 252 g/mol. The van der Waals surface area contributed by atoms with Gasteiger partial charge in [0.25, 0.3) is 10.0 Å². The highest BCUT2D eigenvalue weighted by atomic mass is 32.2. The van der Waals surface area contributed by atoms with Crippen LogP contribution in [-0.4, -0.2) is 18.2 Å². The molecule has 6 nitrogen and oxygen atoms in total. The van der Waals surface area contributed by atoms with Crippen molar-refractivity contribution in [2.45, 2.75) is 11.9 Å². The molecule has 0 radical (unpaired) electrons. The molecule has 0 aliphatic rings. The van der Waals surface area contributed by atoms with E-state index in [1.165, 1.54) is 6.20 Å². The second-order valence-corrected chi connectivity index (χ2v) is 5.25. The largest absolute Gasteiger partial charge is 0.257 e. The summed E-state index contributed by atoms with van der Waals surface area (Å²) in [5.74, 6) is 0. The Hall–Kier alpha value is -2.17. The van der Waals surface area contributed by atoms with Crippen LogP contribution in [0.2, 0.25) is 0 Å². The molecule has 18 heavy (non-hydrogen) atoms. The standard InChI is InChI=1S/C11H10N4O2S/c1-8-3-2-4-10(5-8)15-11(18(13,16)17)9(6-12)7-14-15/h2-5,7H,1H3,(H2,13,16,17). The Bertz CT molecular complexity index is 741. The van der Waals surface area contributed by atoms with E-state index in [1.807, 2.05) is 13.0 Å². The summed E-state index contributed by atoms with van der Waals surface area (Å²) in [7, 11) is -4.02. The molecule has 7 heteroatoms. The van der Waals surface area contributed by atoms with Gasteiger partial charge in [-0.3, -0.25) is 0 Å². The van der Waals surface area contributed by atoms with Gasteiger partial charge in [0.05, 0.1) is 11.9 Å². The summed E-state index contributed by atoms with van der Waals surface area (Å²) in [6, 6.07) is 8.85. The number of benzene rings is 1. The lowest BCUT2D eigenvalue weighted by Crippen LogP contribution is -2.18. The highest BCUT2D eigenvalue weighted by Gasteiger charge is 2.22. The molecule has 1 aromatic carbocycles. The monoisotopic (exact) mass is 262 g/mol. The van der Waals surface area contributed by atoms with Crippen molar-refractivity contribution in [1.82, 2.24) is 9.78 Å². The molecule has 1 heterocycles. The van der Waals surface area contributed by atoms with Crippen LogP contribution in [0.3, 0.4) is 0 Å². The van der Waals surface area contributed by atoms with Crippen LogP contribution in [0.1, 0.15) is 11.1 Å². The van der Waals surface area contributed by atoms with Gasteiger partial charge in [0, 0.05) is 0 Å². The minimum absolute atomic E-state index is 0.0704. The van der Waals surface area contributed by atoms with Gasteiger partial charge in [0.1, 0.15) is 11.6 Å². The lowest BCUT2D eigenvalue weighted by Gasteiger charge is -2.06. The number of nitriles is 1. The number of hydrogen-bond acceptors (Lipinski definition) is 4. The van der Waals surface area contributed by atoms with Crippen molar-refractivity contribution in [1.29, 1.82) is 5.26 Å². The van der Waals surface area contributed by atoms with Crippen LogP contribution in [0.5, 0.6) is 0 Å². The second kappa shape index (κ2) is 4.25. The minimum Gasteiger partial charge on any atom is -0.223 e. The summed E-state index contributed by atoms with van der Waals surface area (Å²) in [5, 5.41) is 17.6. The number of sulfonamides is 1. The molecule has 2 rings (SSSR count). The molecule has 2 N–H and O–H groups in total. The predicted octanol–water partition coefficient (Wildman–Crippen LogP) is 0.700. The zero-order valence-electron chi connectivity index (χ0n) is 9.53. The highest BCUT2D eigenvalue weighted by Crippen LogP contribution is 2.18. The van der Waals surface area contributed by atoms with E-state index in [0.717, 1.165) is 10.2 Å². The number of hydrogen-bond donors (Lipinski definition) is 1. The van der Waals surface area contributed by atoms with Crippen LogP contribution in [0.4, 0.5) is 0 Å². The van der Waals surface area contributed by atoms with Crippen molar-refractivity contribution in [3.05, 3.63) is 41.6 Å². The lowest BCUT2D eigenvalue weighted by molar-refractivity contribution is 0.587. The molecule has 0 spiro atoms. The average Bonchev–Trinajstić information content (AvgIpc) is 2.72. The highest BCUT2D eigenvalue weighted by molar-refractivity contribution is 7.89. The first-order valence-electron chi connectivity index (χ1n) is 5.01. The maximum absolute atomic E-state index is 11.5. The van der Waals surface area contributed by atoms with Crippen molar-refractivity contribution >= 4 is 10.0 Å². The zero-order valence-corrected chi connectivity index (χ0v) is 10.3. The third kappa shape index (κ3) is 2.11. The quantitative estimate of drug-likeness (QED) is 0.860. The first-order chi connectivity index (χ1) is 8.43. The molecule has 0 aliphatic heterocycles. The summed E-state index contributed by atoms with van der Waals surface area (Å²) >= 11 is 0. The minimum atomic E-state index is -4.02. The van der Waals surface area contributed by atoms with Crippen molar-refractivity contribution < 1.29 is 8.42 Å². The van der Waals surface area contributed by atoms with E-state index >= 15 is 0 Å². The molecule has 92 valence electrons. The Kier molecular flexibility index (Phi) is 2.90. The van der Waals surface area contributed by atoms with Gasteiger partial charge in [0.15, 0.2) is 5.03 Å². The number of primary sulfonamides is 1. The van der Waals surface area contributed by atoms with Gasteiger partial charge >= 0.3 is 0 Å². The topological polar surface area (TPSA) is 102 Å². The van der Waals surface area contributed by atoms with Crippen LogP contribution >= 0.6 is 0 Å². The van der Waals surface area contributed by atoms with Crippen molar-refractivity contribution in [3.63, 3.8) is 0 Å². The van der Waals surface area contributed by atoms with E-state index in [4.69, 9.17) is 10.4 Å². The Labute approximate surface area is 104 Å². The summed E-state index contributed by atoms with van der Waals surface area (Å²) in [5.41, 5.74) is 1.42. The number of aryl methyl sites for hydroxylation is 1. The van der Waals surface area contributed by atoms with Crippen LogP contribution < -0.4 is 5.14 Å². The Morgan fingerprint density at radius 1 is 1.44 bits per heavy atom. The fraction of sp³-hybridized carbons (Fsp3) is 0.0909. The maximum atomic E-state index is 11.5. The second-order valence-electron chi connectivity index (χ2n) is 3.77. The fourth-order valence-corrected chi connectivity index (χ4v) is 2.43. The molecule has 2 aromatic rings. The summed E-state index contributed by atoms with van der Waals surface area (Å²) in [6.45, 7) is 1.87. The van der Waals surface area contributed by atoms with Gasteiger partial charge in [-0.2, -0.15) is 10.4 Å². The van der Waals surface area contributed by atoms with Gasteiger partial charge in [-0.25, -0.2) is 18.2 Å². The van der Waals surface area contributed by atoms with Gasteiger partial charge in [-0.1, -0.05) is 12.1 Å². The van der Waals surface area contributed by atoms with Gasteiger partial charge in [0.2, 0.25) is 0 Å². The van der Waals surface area contributed by atoms with E-state index in [-0.39, 0.29) is 10.6 Å². The third-order valence-electron chi connectivity index (χ3n) is 2.36.